The van der Waals surface area contributed by atoms with Gasteiger partial charge in [0.15, 0.2) is 5.82 Å². The van der Waals surface area contributed by atoms with Gasteiger partial charge in [-0.15, -0.1) is 0 Å². The number of ether oxygens (including phenoxy) is 2. The van der Waals surface area contributed by atoms with Gasteiger partial charge in [-0.25, -0.2) is 9.97 Å². The molecule has 3 rings (SSSR count). The van der Waals surface area contributed by atoms with Crippen LogP contribution in [-0.2, 0) is 11.3 Å². The molecule has 0 saturated heterocycles. The molecule has 1 heterocycles. The molecule has 3 aromatic rings. The second kappa shape index (κ2) is 17.3. The van der Waals surface area contributed by atoms with Gasteiger partial charge < -0.3 is 9.47 Å². The fourth-order valence-electron chi connectivity index (χ4n) is 3.95. The molecule has 0 radical (unpaired) electrons. The number of benzene rings is 2. The van der Waals surface area contributed by atoms with Crippen molar-refractivity contribution in [3.05, 3.63) is 78.1 Å². The van der Waals surface area contributed by atoms with Crippen LogP contribution in [0.5, 0.6) is 5.75 Å². The van der Waals surface area contributed by atoms with Gasteiger partial charge in [0.1, 0.15) is 12.4 Å². The number of aromatic nitrogens is 2. The molecule has 0 spiro atoms. The molecule has 1 aromatic heterocycles. The Kier molecular flexibility index (Phi) is 13.2. The van der Waals surface area contributed by atoms with E-state index >= 15 is 0 Å². The normalized spacial score (nSPS) is 10.6. The number of hydrogen-bond donors (Lipinski definition) is 0. The molecule has 0 saturated carbocycles. The van der Waals surface area contributed by atoms with Crippen molar-refractivity contribution >= 4 is 0 Å². The van der Waals surface area contributed by atoms with E-state index in [0.717, 1.165) is 35.5 Å². The predicted molar refractivity (Wildman–Crippen MR) is 148 cm³/mol. The number of hydrogen-bond acceptors (Lipinski definition) is 4. The lowest BCUT2D eigenvalue weighted by molar-refractivity contribution is 0.153. The lowest BCUT2D eigenvalue weighted by atomic mass is 10.1. The van der Waals surface area contributed by atoms with Crippen molar-refractivity contribution in [2.45, 2.75) is 77.7 Å². The summed E-state index contributed by atoms with van der Waals surface area (Å²) in [7, 11) is 0. The third-order valence-electron chi connectivity index (χ3n) is 6.05. The van der Waals surface area contributed by atoms with Gasteiger partial charge >= 0.3 is 0 Å². The first-order valence-electron chi connectivity index (χ1n) is 13.5. The van der Waals surface area contributed by atoms with Crippen LogP contribution in [0.2, 0.25) is 0 Å². The van der Waals surface area contributed by atoms with Gasteiger partial charge in [-0.05, 0) is 36.2 Å². The zero-order chi connectivity index (χ0) is 25.1. The number of rotatable bonds is 16. The predicted octanol–water partition coefficient (Wildman–Crippen LogP) is 8.01. The van der Waals surface area contributed by atoms with Gasteiger partial charge in [-0.3, -0.25) is 0 Å². The van der Waals surface area contributed by atoms with Crippen molar-refractivity contribution in [1.29, 1.82) is 0 Å². The molecular weight excluding hydrogens is 444 g/mol. The van der Waals surface area contributed by atoms with Crippen LogP contribution in [0.3, 0.4) is 0 Å². The maximum Gasteiger partial charge on any atom is 0.159 e. The summed E-state index contributed by atoms with van der Waals surface area (Å²) in [4.78, 5) is 8.92. The van der Waals surface area contributed by atoms with Crippen LogP contribution in [0.15, 0.2) is 67.0 Å². The topological polar surface area (TPSA) is 44.2 Å². The maximum absolute atomic E-state index is 5.91. The minimum Gasteiger partial charge on any atom is -0.494 e. The Hall–Kier alpha value is -3.16. The zero-order valence-electron chi connectivity index (χ0n) is 21.8. The smallest absolute Gasteiger partial charge is 0.159 e. The summed E-state index contributed by atoms with van der Waals surface area (Å²) in [6.45, 7) is 3.97. The van der Waals surface area contributed by atoms with Crippen LogP contribution in [0.4, 0.5) is 0 Å². The van der Waals surface area contributed by atoms with Gasteiger partial charge in [0.25, 0.3) is 0 Å². The van der Waals surface area contributed by atoms with Crippen molar-refractivity contribution in [1.82, 2.24) is 9.97 Å². The lowest BCUT2D eigenvalue weighted by Gasteiger charge is -2.07. The molecule has 0 unspecified atom stereocenters. The summed E-state index contributed by atoms with van der Waals surface area (Å²) >= 11 is 0. The molecule has 0 fully saturated rings. The van der Waals surface area contributed by atoms with Gasteiger partial charge in [0.05, 0.1) is 18.8 Å². The second-order valence-corrected chi connectivity index (χ2v) is 9.13. The van der Waals surface area contributed by atoms with E-state index in [9.17, 15) is 0 Å². The average molecular weight is 485 g/mol. The first-order valence-corrected chi connectivity index (χ1v) is 13.5. The highest BCUT2D eigenvalue weighted by atomic mass is 16.5. The molecule has 0 N–H and O–H groups in total. The molecule has 4 heteroatoms. The van der Waals surface area contributed by atoms with E-state index < -0.39 is 0 Å². The van der Waals surface area contributed by atoms with Gasteiger partial charge in [-0.1, -0.05) is 107 Å². The van der Waals surface area contributed by atoms with E-state index in [1.54, 1.807) is 12.4 Å². The fraction of sp³-hybridized carbons (Fsp3) is 0.438. The third kappa shape index (κ3) is 11.1. The average Bonchev–Trinajstić information content (AvgIpc) is 2.93. The molecule has 36 heavy (non-hydrogen) atoms. The molecule has 0 bridgehead atoms. The number of nitrogens with zero attached hydrogens (tertiary/aromatic N) is 2. The summed E-state index contributed by atoms with van der Waals surface area (Å²) in [5.74, 6) is 7.65. The van der Waals surface area contributed by atoms with Crippen molar-refractivity contribution in [2.24, 2.45) is 0 Å². The number of unbranched alkanes of at least 4 members (excludes halogenated alkanes) is 9. The molecule has 190 valence electrons. The molecule has 0 amide bonds. The molecule has 0 aliphatic rings. The largest absolute Gasteiger partial charge is 0.494 e. The second-order valence-electron chi connectivity index (χ2n) is 9.13. The first kappa shape index (κ1) is 27.4. The summed E-state index contributed by atoms with van der Waals surface area (Å²) in [6, 6.07) is 18.1. The summed E-state index contributed by atoms with van der Waals surface area (Å²) < 4.78 is 11.5. The lowest BCUT2D eigenvalue weighted by Crippen LogP contribution is -1.97. The Balaban J connectivity index is 1.29. The zero-order valence-corrected chi connectivity index (χ0v) is 21.8. The van der Waals surface area contributed by atoms with E-state index in [4.69, 9.17) is 9.47 Å². The van der Waals surface area contributed by atoms with Gasteiger partial charge in [0.2, 0.25) is 0 Å². The van der Waals surface area contributed by atoms with Crippen molar-refractivity contribution in [3.8, 4) is 29.0 Å². The highest BCUT2D eigenvalue weighted by Crippen LogP contribution is 2.19. The first-order chi connectivity index (χ1) is 17.8. The Bertz CT molecular complexity index is 1020. The van der Waals surface area contributed by atoms with E-state index in [0.29, 0.717) is 19.0 Å². The van der Waals surface area contributed by atoms with Crippen molar-refractivity contribution < 1.29 is 9.47 Å². The van der Waals surface area contributed by atoms with Crippen molar-refractivity contribution in [2.75, 3.05) is 13.2 Å². The Labute approximate surface area is 217 Å². The highest BCUT2D eigenvalue weighted by molar-refractivity contribution is 5.56. The van der Waals surface area contributed by atoms with Crippen LogP contribution in [-0.4, -0.2) is 23.2 Å². The van der Waals surface area contributed by atoms with Crippen LogP contribution in [0.1, 0.15) is 82.3 Å². The van der Waals surface area contributed by atoms with E-state index in [2.05, 4.69) is 28.7 Å². The molecule has 2 aromatic carbocycles. The van der Waals surface area contributed by atoms with Crippen molar-refractivity contribution in [3.63, 3.8) is 0 Å². The van der Waals surface area contributed by atoms with Crippen LogP contribution in [0.25, 0.3) is 11.4 Å². The molecule has 0 aliphatic carbocycles. The Morgan fingerprint density at radius 3 is 2.03 bits per heavy atom. The summed E-state index contributed by atoms with van der Waals surface area (Å²) in [6.07, 6.45) is 16.8. The van der Waals surface area contributed by atoms with Gasteiger partial charge in [-0.2, -0.15) is 0 Å². The fourth-order valence-corrected chi connectivity index (χ4v) is 3.95. The van der Waals surface area contributed by atoms with Crippen LogP contribution in [0, 0.1) is 11.8 Å². The molecule has 0 atom stereocenters. The Morgan fingerprint density at radius 1 is 0.722 bits per heavy atom. The monoisotopic (exact) mass is 484 g/mol. The third-order valence-corrected chi connectivity index (χ3v) is 6.05. The standard InChI is InChI=1S/C32H40N2O2/c1-2-3-4-5-6-7-8-9-10-14-24-36-31-21-19-30(20-22-31)32-33-25-29(26-34-32)18-15-23-35-27-28-16-12-11-13-17-28/h11-13,16-17,19-22,25-26H,2-10,14,23-24,27H2,1H3. The maximum atomic E-state index is 5.91. The van der Waals surface area contributed by atoms with Crippen LogP contribution < -0.4 is 4.74 Å². The molecule has 4 nitrogen and oxygen atoms in total. The summed E-state index contributed by atoms with van der Waals surface area (Å²) in [5.41, 5.74) is 2.88. The van der Waals surface area contributed by atoms with E-state index in [1.807, 2.05) is 54.6 Å². The minimum absolute atomic E-state index is 0.372. The summed E-state index contributed by atoms with van der Waals surface area (Å²) in [5, 5.41) is 0. The van der Waals surface area contributed by atoms with Crippen LogP contribution >= 0.6 is 0 Å². The van der Waals surface area contributed by atoms with Gasteiger partial charge in [0, 0.05) is 18.0 Å². The quantitative estimate of drug-likeness (QED) is 0.153. The molecule has 0 aliphatic heterocycles. The highest BCUT2D eigenvalue weighted by Gasteiger charge is 2.02. The Morgan fingerprint density at radius 2 is 1.36 bits per heavy atom. The SMILES string of the molecule is CCCCCCCCCCCCOc1ccc(-c2ncc(C#CCOCc3ccccc3)cn2)cc1. The van der Waals surface area contributed by atoms with E-state index in [-0.39, 0.29) is 0 Å². The molecular formula is C32H40N2O2. The minimum atomic E-state index is 0.372. The van der Waals surface area contributed by atoms with E-state index in [1.165, 1.54) is 57.8 Å².